The first-order valence-electron chi connectivity index (χ1n) is 5.62. The fourth-order valence-corrected chi connectivity index (χ4v) is 2.01. The van der Waals surface area contributed by atoms with E-state index in [1.165, 1.54) is 0 Å². The summed E-state index contributed by atoms with van der Waals surface area (Å²) in [5.74, 6) is -0.0878. The van der Waals surface area contributed by atoms with Crippen LogP contribution in [0.1, 0.15) is 24.3 Å². The maximum absolute atomic E-state index is 12.3. The number of aromatic nitrogens is 1. The lowest BCUT2D eigenvalue weighted by atomic mass is 10.2. The molecule has 1 aromatic rings. The second-order valence-electron chi connectivity index (χ2n) is 4.31. The Balaban J connectivity index is 2.18. The van der Waals surface area contributed by atoms with Crippen LogP contribution in [-0.4, -0.2) is 41.1 Å². The van der Waals surface area contributed by atoms with E-state index in [9.17, 15) is 4.79 Å². The van der Waals surface area contributed by atoms with Gasteiger partial charge in [0.1, 0.15) is 5.69 Å². The summed E-state index contributed by atoms with van der Waals surface area (Å²) >= 11 is 5.86. The molecule has 0 radical (unpaired) electrons. The predicted octanol–water partition coefficient (Wildman–Crippen LogP) is 1.98. The van der Waals surface area contributed by atoms with Gasteiger partial charge in [-0.1, -0.05) is 11.6 Å². The molecule has 0 aromatic carbocycles. The van der Waals surface area contributed by atoms with Gasteiger partial charge in [-0.2, -0.15) is 0 Å². The number of hydrogen-bond donors (Lipinski definition) is 0. The second-order valence-corrected chi connectivity index (χ2v) is 4.75. The molecule has 2 atom stereocenters. The van der Waals surface area contributed by atoms with Crippen LogP contribution in [0.15, 0.2) is 18.3 Å². The zero-order valence-electron chi connectivity index (χ0n) is 9.89. The van der Waals surface area contributed by atoms with E-state index in [2.05, 4.69) is 4.98 Å². The van der Waals surface area contributed by atoms with Gasteiger partial charge < -0.3 is 9.64 Å². The Kier molecular flexibility index (Phi) is 3.64. The van der Waals surface area contributed by atoms with E-state index in [-0.39, 0.29) is 18.1 Å². The molecular weight excluding hydrogens is 240 g/mol. The minimum atomic E-state index is -0.0878. The molecule has 0 N–H and O–H groups in total. The zero-order chi connectivity index (χ0) is 12.4. The summed E-state index contributed by atoms with van der Waals surface area (Å²) in [5.41, 5.74) is 0.387. The minimum Gasteiger partial charge on any atom is -0.375 e. The molecule has 0 bridgehead atoms. The van der Waals surface area contributed by atoms with Crippen molar-refractivity contribution >= 4 is 17.5 Å². The number of rotatable bonds is 1. The second kappa shape index (κ2) is 5.02. The highest BCUT2D eigenvalue weighted by Crippen LogP contribution is 2.16. The molecule has 1 saturated heterocycles. The lowest BCUT2D eigenvalue weighted by Crippen LogP contribution is -2.50. The maximum atomic E-state index is 12.3. The highest BCUT2D eigenvalue weighted by atomic mass is 35.5. The van der Waals surface area contributed by atoms with Gasteiger partial charge in [-0.3, -0.25) is 9.78 Å². The van der Waals surface area contributed by atoms with Gasteiger partial charge in [0, 0.05) is 17.8 Å². The number of pyridine rings is 1. The number of carbonyl (C=O) groups is 1. The average molecular weight is 255 g/mol. The van der Waals surface area contributed by atoms with Gasteiger partial charge in [0.15, 0.2) is 0 Å². The van der Waals surface area contributed by atoms with E-state index in [0.29, 0.717) is 23.9 Å². The number of nitrogens with zero attached hydrogens (tertiary/aromatic N) is 2. The highest BCUT2D eigenvalue weighted by molar-refractivity contribution is 6.30. The summed E-state index contributed by atoms with van der Waals surface area (Å²) in [6.07, 6.45) is 1.61. The molecule has 0 aliphatic carbocycles. The molecule has 0 saturated carbocycles. The van der Waals surface area contributed by atoms with Gasteiger partial charge in [-0.05, 0) is 26.0 Å². The third kappa shape index (κ3) is 2.76. The molecule has 17 heavy (non-hydrogen) atoms. The van der Waals surface area contributed by atoms with Crippen LogP contribution in [-0.2, 0) is 4.74 Å². The molecule has 1 aromatic heterocycles. The number of ether oxygens (including phenoxy) is 1. The maximum Gasteiger partial charge on any atom is 0.272 e. The van der Waals surface area contributed by atoms with Crippen molar-refractivity contribution < 1.29 is 9.53 Å². The summed E-state index contributed by atoms with van der Waals surface area (Å²) < 4.78 is 5.49. The van der Waals surface area contributed by atoms with Crippen molar-refractivity contribution in [3.63, 3.8) is 0 Å². The summed E-state index contributed by atoms with van der Waals surface area (Å²) in [6, 6.07) is 3.32. The lowest BCUT2D eigenvalue weighted by molar-refractivity contribution is -0.0389. The smallest absolute Gasteiger partial charge is 0.272 e. The van der Waals surface area contributed by atoms with Gasteiger partial charge in [-0.25, -0.2) is 0 Å². The van der Waals surface area contributed by atoms with Crippen LogP contribution < -0.4 is 0 Å². The molecule has 1 amide bonds. The monoisotopic (exact) mass is 254 g/mol. The van der Waals surface area contributed by atoms with Crippen molar-refractivity contribution in [2.45, 2.75) is 26.0 Å². The Labute approximate surface area is 106 Å². The van der Waals surface area contributed by atoms with E-state index in [4.69, 9.17) is 16.3 Å². The molecular formula is C12H15ClN2O2. The van der Waals surface area contributed by atoms with E-state index in [0.717, 1.165) is 0 Å². The topological polar surface area (TPSA) is 42.4 Å². The van der Waals surface area contributed by atoms with Crippen molar-refractivity contribution in [3.8, 4) is 0 Å². The first kappa shape index (κ1) is 12.3. The summed E-state index contributed by atoms with van der Waals surface area (Å²) in [7, 11) is 0. The Morgan fingerprint density at radius 3 is 3.06 bits per heavy atom. The van der Waals surface area contributed by atoms with Crippen LogP contribution in [0.25, 0.3) is 0 Å². The van der Waals surface area contributed by atoms with Crippen LogP contribution in [0.5, 0.6) is 0 Å². The van der Waals surface area contributed by atoms with Gasteiger partial charge in [0.25, 0.3) is 5.91 Å². The van der Waals surface area contributed by atoms with Crippen LogP contribution in [0.2, 0.25) is 5.02 Å². The first-order valence-corrected chi connectivity index (χ1v) is 6.00. The van der Waals surface area contributed by atoms with Crippen LogP contribution >= 0.6 is 11.6 Å². The number of amides is 1. The van der Waals surface area contributed by atoms with Crippen molar-refractivity contribution in [2.24, 2.45) is 0 Å². The molecule has 0 unspecified atom stereocenters. The highest BCUT2D eigenvalue weighted by Gasteiger charge is 2.28. The molecule has 5 heteroatoms. The van der Waals surface area contributed by atoms with Crippen molar-refractivity contribution in [1.82, 2.24) is 9.88 Å². The van der Waals surface area contributed by atoms with Crippen molar-refractivity contribution in [1.29, 1.82) is 0 Å². The van der Waals surface area contributed by atoms with Crippen LogP contribution in [0.3, 0.4) is 0 Å². The molecule has 1 aliphatic heterocycles. The summed E-state index contributed by atoms with van der Waals surface area (Å²) in [4.78, 5) is 18.1. The zero-order valence-corrected chi connectivity index (χ0v) is 10.6. The van der Waals surface area contributed by atoms with Crippen LogP contribution in [0.4, 0.5) is 0 Å². The number of morpholine rings is 1. The molecule has 0 spiro atoms. The molecule has 4 nitrogen and oxygen atoms in total. The van der Waals surface area contributed by atoms with E-state index in [1.54, 1.807) is 23.2 Å². The molecule has 1 fully saturated rings. The number of carbonyl (C=O) groups excluding carboxylic acids is 1. The average Bonchev–Trinajstić information content (AvgIpc) is 2.31. The van der Waals surface area contributed by atoms with E-state index < -0.39 is 0 Å². The molecule has 2 heterocycles. The largest absolute Gasteiger partial charge is 0.375 e. The van der Waals surface area contributed by atoms with Crippen molar-refractivity contribution in [3.05, 3.63) is 29.0 Å². The third-order valence-corrected chi connectivity index (χ3v) is 3.04. The predicted molar refractivity (Wildman–Crippen MR) is 65.2 cm³/mol. The lowest BCUT2D eigenvalue weighted by Gasteiger charge is -2.36. The minimum absolute atomic E-state index is 0.0642. The van der Waals surface area contributed by atoms with Gasteiger partial charge in [0.05, 0.1) is 18.8 Å². The normalized spacial score (nSPS) is 24.8. The standard InChI is InChI=1S/C12H15ClN2O2/c1-8-7-17-9(2)6-15(8)12(16)11-5-10(13)3-4-14-11/h3-5,8-9H,6-7H2,1-2H3/t8-,9-/m1/s1. The Hall–Kier alpha value is -1.13. The van der Waals surface area contributed by atoms with Crippen LogP contribution in [0, 0.1) is 0 Å². The van der Waals surface area contributed by atoms with Gasteiger partial charge in [-0.15, -0.1) is 0 Å². The summed E-state index contributed by atoms with van der Waals surface area (Å²) in [6.45, 7) is 5.08. The molecule has 92 valence electrons. The van der Waals surface area contributed by atoms with E-state index in [1.807, 2.05) is 13.8 Å². The number of halogens is 1. The fraction of sp³-hybridized carbons (Fsp3) is 0.500. The van der Waals surface area contributed by atoms with Gasteiger partial charge in [0.2, 0.25) is 0 Å². The van der Waals surface area contributed by atoms with Gasteiger partial charge >= 0.3 is 0 Å². The molecule has 2 rings (SSSR count). The Morgan fingerprint density at radius 2 is 2.35 bits per heavy atom. The van der Waals surface area contributed by atoms with Crippen molar-refractivity contribution in [2.75, 3.05) is 13.2 Å². The quantitative estimate of drug-likeness (QED) is 0.770. The summed E-state index contributed by atoms with van der Waals surface area (Å²) in [5, 5.41) is 0.525. The SMILES string of the molecule is C[C@@H]1CN(C(=O)c2cc(Cl)ccn2)[C@H](C)CO1. The Morgan fingerprint density at radius 1 is 1.59 bits per heavy atom. The van der Waals surface area contributed by atoms with E-state index >= 15 is 0 Å². The fourth-order valence-electron chi connectivity index (χ4n) is 1.86. The third-order valence-electron chi connectivity index (χ3n) is 2.81. The first-order chi connectivity index (χ1) is 8.08. The Bertz CT molecular complexity index is 425. The molecule has 1 aliphatic rings. The number of hydrogen-bond acceptors (Lipinski definition) is 3.